The first kappa shape index (κ1) is 28.6. The maximum absolute atomic E-state index is 14.2. The maximum Gasteiger partial charge on any atom is 0.319 e. The summed E-state index contributed by atoms with van der Waals surface area (Å²) in [7, 11) is 3.17. The van der Waals surface area contributed by atoms with Crippen LogP contribution in [-0.2, 0) is 30.2 Å². The fourth-order valence-corrected chi connectivity index (χ4v) is 8.48. The zero-order valence-corrected chi connectivity index (χ0v) is 24.3. The minimum Gasteiger partial charge on any atom is -0.497 e. The average Bonchev–Trinajstić information content (AvgIpc) is 3.21. The van der Waals surface area contributed by atoms with Crippen molar-refractivity contribution in [2.45, 2.75) is 109 Å². The molecule has 1 aromatic carbocycles. The van der Waals surface area contributed by atoms with Gasteiger partial charge in [-0.25, -0.2) is 0 Å². The normalized spacial score (nSPS) is 33.7. The number of methoxy groups -OCH3 is 2. The van der Waals surface area contributed by atoms with Crippen LogP contribution in [0.2, 0.25) is 0 Å². The van der Waals surface area contributed by atoms with Gasteiger partial charge in [-0.15, -0.1) is 0 Å². The maximum atomic E-state index is 14.2. The molecule has 1 aromatic rings. The van der Waals surface area contributed by atoms with E-state index in [9.17, 15) is 9.59 Å². The molecule has 39 heavy (non-hydrogen) atoms. The van der Waals surface area contributed by atoms with Crippen molar-refractivity contribution in [1.82, 2.24) is 0 Å². The Bertz CT molecular complexity index is 1020. The zero-order valence-electron chi connectivity index (χ0n) is 24.3. The van der Waals surface area contributed by atoms with Gasteiger partial charge in [0, 0.05) is 18.6 Å². The van der Waals surface area contributed by atoms with Crippen LogP contribution >= 0.6 is 0 Å². The molecule has 2 saturated carbocycles. The predicted octanol–water partition coefficient (Wildman–Crippen LogP) is 6.77. The molecule has 3 fully saturated rings. The van der Waals surface area contributed by atoms with Crippen LogP contribution in [0.4, 0.5) is 0 Å². The van der Waals surface area contributed by atoms with Crippen LogP contribution in [0, 0.1) is 22.7 Å². The first-order valence-corrected chi connectivity index (χ1v) is 15.5. The largest absolute Gasteiger partial charge is 0.497 e. The van der Waals surface area contributed by atoms with Crippen LogP contribution < -0.4 is 4.74 Å². The number of fused-ring (bicyclic) bond motifs is 5. The zero-order chi connectivity index (χ0) is 27.5. The van der Waals surface area contributed by atoms with Crippen LogP contribution in [0.25, 0.3) is 0 Å². The van der Waals surface area contributed by atoms with Crippen LogP contribution in [-0.4, -0.2) is 45.5 Å². The molecule has 0 bridgehead atoms. The summed E-state index contributed by atoms with van der Waals surface area (Å²) < 4.78 is 22.3. The van der Waals surface area contributed by atoms with E-state index in [0.29, 0.717) is 24.7 Å². The number of aryl methyl sites for hydroxylation is 1. The molecule has 1 saturated heterocycles. The van der Waals surface area contributed by atoms with Crippen LogP contribution in [0.5, 0.6) is 5.75 Å². The topological polar surface area (TPSA) is 71.1 Å². The monoisotopic (exact) mass is 540 g/mol. The lowest BCUT2D eigenvalue weighted by Gasteiger charge is -2.48. The Morgan fingerprint density at radius 2 is 1.87 bits per heavy atom. The summed E-state index contributed by atoms with van der Waals surface area (Å²) in [6.07, 6.45) is 13.6. The van der Waals surface area contributed by atoms with Crippen molar-refractivity contribution in [3.05, 3.63) is 29.3 Å². The third-order valence-electron chi connectivity index (χ3n) is 10.6. The summed E-state index contributed by atoms with van der Waals surface area (Å²) in [5, 5.41) is 0. The second-order valence-electron chi connectivity index (χ2n) is 12.7. The predicted molar refractivity (Wildman–Crippen MR) is 150 cm³/mol. The lowest BCUT2D eigenvalue weighted by Crippen LogP contribution is -2.44. The van der Waals surface area contributed by atoms with Crippen molar-refractivity contribution in [1.29, 1.82) is 0 Å². The fourth-order valence-electron chi connectivity index (χ4n) is 8.48. The van der Waals surface area contributed by atoms with Gasteiger partial charge in [-0.3, -0.25) is 9.59 Å². The number of rotatable bonds is 11. The Kier molecular flexibility index (Phi) is 9.02. The van der Waals surface area contributed by atoms with Crippen molar-refractivity contribution in [2.24, 2.45) is 22.7 Å². The van der Waals surface area contributed by atoms with Gasteiger partial charge >= 0.3 is 5.97 Å². The molecule has 1 aliphatic heterocycles. The van der Waals surface area contributed by atoms with E-state index in [2.05, 4.69) is 25.1 Å². The van der Waals surface area contributed by atoms with Gasteiger partial charge in [-0.1, -0.05) is 38.7 Å². The molecule has 6 atom stereocenters. The molecule has 6 heteroatoms. The van der Waals surface area contributed by atoms with Crippen molar-refractivity contribution in [2.75, 3.05) is 27.4 Å². The number of ketones is 1. The molecule has 0 spiro atoms. The summed E-state index contributed by atoms with van der Waals surface area (Å²) in [5.74, 6) is 1.90. The van der Waals surface area contributed by atoms with Crippen molar-refractivity contribution in [3.8, 4) is 5.75 Å². The van der Waals surface area contributed by atoms with Crippen LogP contribution in [0.15, 0.2) is 18.2 Å². The van der Waals surface area contributed by atoms with Crippen molar-refractivity contribution in [3.63, 3.8) is 0 Å². The molecular formula is C33H48O6. The number of esters is 1. The molecular weight excluding hydrogens is 492 g/mol. The summed E-state index contributed by atoms with van der Waals surface area (Å²) in [6.45, 7) is 3.71. The fraction of sp³-hybridized carbons (Fsp3) is 0.758. The summed E-state index contributed by atoms with van der Waals surface area (Å²) in [5.41, 5.74) is 1.40. The Hall–Kier alpha value is -1.92. The smallest absolute Gasteiger partial charge is 0.319 e. The number of unbranched alkanes of at least 4 members (excludes halogenated alkanes) is 4. The van der Waals surface area contributed by atoms with Crippen LogP contribution in [0.1, 0.15) is 107 Å². The highest BCUT2D eigenvalue weighted by Crippen LogP contribution is 2.64. The molecule has 4 aliphatic rings. The first-order valence-electron chi connectivity index (χ1n) is 15.5. The van der Waals surface area contributed by atoms with E-state index in [1.54, 1.807) is 7.11 Å². The third kappa shape index (κ3) is 5.53. The number of ether oxygens (including phenoxy) is 4. The summed E-state index contributed by atoms with van der Waals surface area (Å²) in [6, 6.07) is 6.50. The van der Waals surface area contributed by atoms with E-state index in [1.807, 2.05) is 0 Å². The molecule has 2 unspecified atom stereocenters. The summed E-state index contributed by atoms with van der Waals surface area (Å²) in [4.78, 5) is 27.5. The molecule has 0 N–H and O–H groups in total. The highest BCUT2D eigenvalue weighted by molar-refractivity contribution is 6.08. The molecule has 5 rings (SSSR count). The minimum atomic E-state index is -0.981. The molecule has 216 valence electrons. The van der Waals surface area contributed by atoms with E-state index in [4.69, 9.17) is 18.9 Å². The quantitative estimate of drug-likeness (QED) is 0.175. The number of carbonyl (C=O) groups excluding carboxylic acids is 2. The molecule has 0 amide bonds. The highest BCUT2D eigenvalue weighted by atomic mass is 16.7. The van der Waals surface area contributed by atoms with Gasteiger partial charge in [0.1, 0.15) is 11.2 Å². The first-order chi connectivity index (χ1) is 18.9. The lowest BCUT2D eigenvalue weighted by atomic mass is 9.55. The highest BCUT2D eigenvalue weighted by Gasteiger charge is 2.66. The van der Waals surface area contributed by atoms with Crippen LogP contribution in [0.3, 0.4) is 0 Å². The third-order valence-corrected chi connectivity index (χ3v) is 10.6. The van der Waals surface area contributed by atoms with Gasteiger partial charge in [-0.2, -0.15) is 0 Å². The lowest BCUT2D eigenvalue weighted by molar-refractivity contribution is -0.162. The van der Waals surface area contributed by atoms with E-state index in [-0.39, 0.29) is 24.0 Å². The number of Topliss-reactive ketones (excluding diaryl/α,β-unsaturated/α-hetero) is 1. The average molecular weight is 541 g/mol. The Labute approximate surface area is 234 Å². The molecule has 6 nitrogen and oxygen atoms in total. The number of hydrogen-bond acceptors (Lipinski definition) is 6. The molecule has 0 aromatic heterocycles. The molecule has 1 heterocycles. The Morgan fingerprint density at radius 3 is 2.64 bits per heavy atom. The van der Waals surface area contributed by atoms with E-state index < -0.39 is 10.8 Å². The van der Waals surface area contributed by atoms with Gasteiger partial charge in [0.2, 0.25) is 0 Å². The van der Waals surface area contributed by atoms with E-state index >= 15 is 0 Å². The minimum absolute atomic E-state index is 0.0167. The molecule has 0 radical (unpaired) electrons. The molecule has 3 aliphatic carbocycles. The van der Waals surface area contributed by atoms with E-state index in [0.717, 1.165) is 89.6 Å². The van der Waals surface area contributed by atoms with Gasteiger partial charge in [0.15, 0.2) is 12.1 Å². The second kappa shape index (κ2) is 12.3. The van der Waals surface area contributed by atoms with Gasteiger partial charge in [-0.05, 0) is 105 Å². The SMILES string of the molecule is COC(=O)C1(CCCCCCCOC2CCCCO2)C[C@H]2[C@@H]3CCc4cc(OC)ccc4[C@H]3CC[C@]2(C)C1=O. The van der Waals surface area contributed by atoms with Gasteiger partial charge in [0.05, 0.1) is 14.2 Å². The number of benzene rings is 1. The Balaban J connectivity index is 1.19. The summed E-state index contributed by atoms with van der Waals surface area (Å²) >= 11 is 0. The van der Waals surface area contributed by atoms with Crippen molar-refractivity contribution >= 4 is 11.8 Å². The van der Waals surface area contributed by atoms with E-state index in [1.165, 1.54) is 24.7 Å². The number of carbonyl (C=O) groups is 2. The van der Waals surface area contributed by atoms with Gasteiger partial charge in [0.25, 0.3) is 0 Å². The Morgan fingerprint density at radius 1 is 1.05 bits per heavy atom. The number of hydrogen-bond donors (Lipinski definition) is 0. The van der Waals surface area contributed by atoms with Gasteiger partial charge < -0.3 is 18.9 Å². The second-order valence-corrected chi connectivity index (χ2v) is 12.7. The standard InChI is InChI=1S/C33H48O6/c1-32-18-16-26-25-15-13-24(36-2)21-23(25)12-14-27(26)28(32)22-33(30(32)34,31(35)37-3)17-8-5-4-6-9-19-38-29-11-7-10-20-39-29/h13,15,21,26-29H,4-12,14,16-20,22H2,1-3H3/t26-,27-,28+,29?,32+,33?/m1/s1. The van der Waals surface area contributed by atoms with Crippen molar-refractivity contribution < 1.29 is 28.5 Å².